The highest BCUT2D eigenvalue weighted by Gasteiger charge is 2.27. The molecule has 1 N–H and O–H groups in total. The van der Waals surface area contributed by atoms with E-state index in [9.17, 15) is 4.79 Å². The summed E-state index contributed by atoms with van der Waals surface area (Å²) in [4.78, 5) is 21.0. The van der Waals surface area contributed by atoms with Gasteiger partial charge in [-0.25, -0.2) is 4.98 Å². The average molecular weight is 283 g/mol. The number of carbonyl (C=O) groups is 1. The summed E-state index contributed by atoms with van der Waals surface area (Å²) < 4.78 is 5.13. The summed E-state index contributed by atoms with van der Waals surface area (Å²) in [6.07, 6.45) is 6.17. The van der Waals surface area contributed by atoms with Gasteiger partial charge in [0.05, 0.1) is 18.7 Å². The van der Waals surface area contributed by atoms with Crippen LogP contribution in [0, 0.1) is 0 Å². The first-order valence-electron chi connectivity index (χ1n) is 7.02. The molecule has 1 aliphatic rings. The number of fused-ring (bicyclic) bond motifs is 1. The van der Waals surface area contributed by atoms with Crippen LogP contribution in [0.5, 0.6) is 5.75 Å². The lowest BCUT2D eigenvalue weighted by Gasteiger charge is -2.23. The van der Waals surface area contributed by atoms with Gasteiger partial charge < -0.3 is 10.1 Å². The summed E-state index contributed by atoms with van der Waals surface area (Å²) >= 11 is 0. The highest BCUT2D eigenvalue weighted by Crippen LogP contribution is 2.30. The van der Waals surface area contributed by atoms with Gasteiger partial charge in [-0.15, -0.1) is 0 Å². The van der Waals surface area contributed by atoms with Gasteiger partial charge in [0.2, 0.25) is 5.91 Å². The Kier molecular flexibility index (Phi) is 3.81. The maximum atomic E-state index is 12.5. The predicted molar refractivity (Wildman–Crippen MR) is 79.3 cm³/mol. The zero-order chi connectivity index (χ0) is 14.7. The van der Waals surface area contributed by atoms with Gasteiger partial charge in [-0.3, -0.25) is 9.78 Å². The van der Waals surface area contributed by atoms with Crippen LogP contribution in [0.1, 0.15) is 30.0 Å². The van der Waals surface area contributed by atoms with Crippen molar-refractivity contribution in [3.63, 3.8) is 0 Å². The number of carbonyl (C=O) groups excluding carboxylic acids is 1. The third-order valence-corrected chi connectivity index (χ3v) is 3.73. The molecule has 0 bridgehead atoms. The lowest BCUT2D eigenvalue weighted by Crippen LogP contribution is -2.26. The number of aryl methyl sites for hydroxylation is 1. The predicted octanol–water partition coefficient (Wildman–Crippen LogP) is 2.54. The highest BCUT2D eigenvalue weighted by molar-refractivity contribution is 5.95. The third-order valence-electron chi connectivity index (χ3n) is 3.73. The summed E-state index contributed by atoms with van der Waals surface area (Å²) in [6.45, 7) is 0. The van der Waals surface area contributed by atoms with E-state index in [-0.39, 0.29) is 11.8 Å². The van der Waals surface area contributed by atoms with E-state index < -0.39 is 0 Å². The van der Waals surface area contributed by atoms with Gasteiger partial charge >= 0.3 is 0 Å². The van der Waals surface area contributed by atoms with Crippen molar-refractivity contribution in [1.29, 1.82) is 0 Å². The van der Waals surface area contributed by atoms with Gasteiger partial charge in [-0.05, 0) is 37.0 Å². The van der Waals surface area contributed by atoms with Crippen LogP contribution in [0.25, 0.3) is 0 Å². The fourth-order valence-electron chi connectivity index (χ4n) is 2.68. The van der Waals surface area contributed by atoms with Gasteiger partial charge in [0, 0.05) is 18.5 Å². The average Bonchev–Trinajstić information content (AvgIpc) is 2.54. The molecule has 3 rings (SSSR count). The molecule has 0 saturated carbocycles. The fourth-order valence-corrected chi connectivity index (χ4v) is 2.68. The van der Waals surface area contributed by atoms with E-state index >= 15 is 0 Å². The molecular weight excluding hydrogens is 266 g/mol. The first-order valence-corrected chi connectivity index (χ1v) is 7.02. The minimum atomic E-state index is -0.206. The fraction of sp³-hybridized carbons (Fsp3) is 0.312. The Labute approximate surface area is 123 Å². The van der Waals surface area contributed by atoms with E-state index in [0.29, 0.717) is 11.6 Å². The molecule has 0 fully saturated rings. The number of pyridine rings is 2. The number of amides is 1. The maximum absolute atomic E-state index is 12.5. The van der Waals surface area contributed by atoms with E-state index in [1.54, 1.807) is 31.6 Å². The zero-order valence-corrected chi connectivity index (χ0v) is 11.9. The molecule has 0 radical (unpaired) electrons. The standard InChI is InChI=1S/C16H17N3O2/c1-21-12-7-9-17-14(10-12)19-16(20)13-6-2-4-11-5-3-8-18-15(11)13/h3,5,7-10,13H,2,4,6H2,1H3,(H,17,19,20). The Bertz CT molecular complexity index is 657. The second kappa shape index (κ2) is 5.91. The number of hydrogen-bond donors (Lipinski definition) is 1. The molecule has 2 heterocycles. The second-order valence-corrected chi connectivity index (χ2v) is 5.06. The van der Waals surface area contributed by atoms with Crippen molar-refractivity contribution in [3.8, 4) is 5.75 Å². The molecule has 0 aromatic carbocycles. The van der Waals surface area contributed by atoms with Crippen LogP contribution in [0.2, 0.25) is 0 Å². The normalized spacial score (nSPS) is 16.9. The minimum absolute atomic E-state index is 0.0598. The number of anilines is 1. The number of ether oxygens (including phenoxy) is 1. The molecule has 5 heteroatoms. The zero-order valence-electron chi connectivity index (χ0n) is 11.9. The van der Waals surface area contributed by atoms with Crippen molar-refractivity contribution in [2.45, 2.75) is 25.2 Å². The highest BCUT2D eigenvalue weighted by atomic mass is 16.5. The first kappa shape index (κ1) is 13.5. The van der Waals surface area contributed by atoms with Crippen molar-refractivity contribution in [1.82, 2.24) is 9.97 Å². The Hall–Kier alpha value is -2.43. The molecule has 0 spiro atoms. The van der Waals surface area contributed by atoms with Crippen LogP contribution < -0.4 is 10.1 Å². The van der Waals surface area contributed by atoms with E-state index in [1.165, 1.54) is 5.56 Å². The van der Waals surface area contributed by atoms with Gasteiger partial charge in [0.15, 0.2) is 0 Å². The monoisotopic (exact) mass is 283 g/mol. The van der Waals surface area contributed by atoms with Gasteiger partial charge in [-0.2, -0.15) is 0 Å². The Morgan fingerprint density at radius 2 is 2.24 bits per heavy atom. The number of aromatic nitrogens is 2. The van der Waals surface area contributed by atoms with Crippen molar-refractivity contribution in [2.24, 2.45) is 0 Å². The molecular formula is C16H17N3O2. The summed E-state index contributed by atoms with van der Waals surface area (Å²) in [5.74, 6) is 0.906. The molecule has 0 saturated heterocycles. The molecule has 1 atom stereocenters. The van der Waals surface area contributed by atoms with Gasteiger partial charge in [0.1, 0.15) is 11.6 Å². The Balaban J connectivity index is 1.80. The number of rotatable bonds is 3. The summed E-state index contributed by atoms with van der Waals surface area (Å²) in [5, 5.41) is 2.86. The summed E-state index contributed by atoms with van der Waals surface area (Å²) in [6, 6.07) is 7.42. The van der Waals surface area contributed by atoms with Crippen LogP contribution >= 0.6 is 0 Å². The van der Waals surface area contributed by atoms with E-state index in [1.807, 2.05) is 12.1 Å². The number of nitrogens with zero attached hydrogens (tertiary/aromatic N) is 2. The Morgan fingerprint density at radius 1 is 1.33 bits per heavy atom. The first-order chi connectivity index (χ1) is 10.3. The van der Waals surface area contributed by atoms with Crippen molar-refractivity contribution < 1.29 is 9.53 Å². The van der Waals surface area contributed by atoms with E-state index in [4.69, 9.17) is 4.74 Å². The topological polar surface area (TPSA) is 64.1 Å². The SMILES string of the molecule is COc1ccnc(NC(=O)C2CCCc3cccnc32)c1. The molecule has 1 unspecified atom stereocenters. The molecule has 5 nitrogen and oxygen atoms in total. The van der Waals surface area contributed by atoms with E-state index in [0.717, 1.165) is 25.0 Å². The van der Waals surface area contributed by atoms with Crippen LogP contribution in [0.3, 0.4) is 0 Å². The van der Waals surface area contributed by atoms with Gasteiger partial charge in [-0.1, -0.05) is 6.07 Å². The minimum Gasteiger partial charge on any atom is -0.497 e. The summed E-state index contributed by atoms with van der Waals surface area (Å²) in [7, 11) is 1.59. The van der Waals surface area contributed by atoms with Crippen LogP contribution in [-0.4, -0.2) is 23.0 Å². The molecule has 0 aliphatic heterocycles. The summed E-state index contributed by atoms with van der Waals surface area (Å²) in [5.41, 5.74) is 2.06. The van der Waals surface area contributed by atoms with Crippen molar-refractivity contribution in [2.75, 3.05) is 12.4 Å². The lowest BCUT2D eigenvalue weighted by molar-refractivity contribution is -0.118. The number of hydrogen-bond acceptors (Lipinski definition) is 4. The molecule has 2 aromatic rings. The van der Waals surface area contributed by atoms with Crippen molar-refractivity contribution >= 4 is 11.7 Å². The number of nitrogens with one attached hydrogen (secondary N) is 1. The van der Waals surface area contributed by atoms with E-state index in [2.05, 4.69) is 15.3 Å². The molecule has 21 heavy (non-hydrogen) atoms. The smallest absolute Gasteiger partial charge is 0.234 e. The Morgan fingerprint density at radius 3 is 3.10 bits per heavy atom. The quantitative estimate of drug-likeness (QED) is 0.940. The lowest BCUT2D eigenvalue weighted by atomic mass is 9.86. The largest absolute Gasteiger partial charge is 0.497 e. The van der Waals surface area contributed by atoms with Gasteiger partial charge in [0.25, 0.3) is 0 Å². The van der Waals surface area contributed by atoms with Crippen molar-refractivity contribution in [3.05, 3.63) is 47.9 Å². The second-order valence-electron chi connectivity index (χ2n) is 5.06. The molecule has 2 aromatic heterocycles. The van der Waals surface area contributed by atoms with Crippen LogP contribution in [0.4, 0.5) is 5.82 Å². The van der Waals surface area contributed by atoms with Crippen LogP contribution in [0.15, 0.2) is 36.7 Å². The molecule has 1 amide bonds. The van der Waals surface area contributed by atoms with Crippen LogP contribution in [-0.2, 0) is 11.2 Å². The third kappa shape index (κ3) is 2.86. The maximum Gasteiger partial charge on any atom is 0.234 e. The molecule has 1 aliphatic carbocycles. The number of methoxy groups -OCH3 is 1. The molecule has 108 valence electrons.